The van der Waals surface area contributed by atoms with Crippen molar-refractivity contribution in [3.63, 3.8) is 0 Å². The van der Waals surface area contributed by atoms with E-state index in [9.17, 15) is 4.79 Å². The van der Waals surface area contributed by atoms with Crippen molar-refractivity contribution in [3.8, 4) is 11.8 Å². The highest BCUT2D eigenvalue weighted by molar-refractivity contribution is 5.76. The average molecular weight is 389 g/mol. The molecule has 2 aromatic rings. The van der Waals surface area contributed by atoms with E-state index in [2.05, 4.69) is 28.4 Å². The largest absolute Gasteiger partial charge is 0.492 e. The van der Waals surface area contributed by atoms with E-state index in [0.717, 1.165) is 38.3 Å². The molecule has 0 aromatic heterocycles. The normalized spacial score (nSPS) is 16.2. The van der Waals surface area contributed by atoms with Gasteiger partial charge in [-0.1, -0.05) is 24.3 Å². The number of carbonyl (C=O) groups is 1. The number of nitriles is 1. The predicted molar refractivity (Wildman–Crippen MR) is 111 cm³/mol. The third-order valence-corrected chi connectivity index (χ3v) is 5.60. The molecule has 0 radical (unpaired) electrons. The second-order valence-corrected chi connectivity index (χ2v) is 8.06. The van der Waals surface area contributed by atoms with Crippen molar-refractivity contribution >= 4 is 5.91 Å². The third-order valence-electron chi connectivity index (χ3n) is 5.60. The van der Waals surface area contributed by atoms with Crippen LogP contribution in [-0.2, 0) is 24.3 Å². The molecule has 1 fully saturated rings. The SMILES string of the molecule is N#Cc1ccc(CN2CCOc3ccc(CCC(=O)NCC4CC4)cc3C2)cc1. The van der Waals surface area contributed by atoms with E-state index in [1.54, 1.807) is 0 Å². The molecule has 4 rings (SSSR count). The molecular formula is C24H27N3O2. The summed E-state index contributed by atoms with van der Waals surface area (Å²) in [6.45, 7) is 3.99. The summed E-state index contributed by atoms with van der Waals surface area (Å²) in [7, 11) is 0. The summed E-state index contributed by atoms with van der Waals surface area (Å²) in [5.41, 5.74) is 4.22. The van der Waals surface area contributed by atoms with Crippen LogP contribution in [0.4, 0.5) is 0 Å². The molecule has 1 amide bonds. The predicted octanol–water partition coefficient (Wildman–Crippen LogP) is 3.41. The lowest BCUT2D eigenvalue weighted by Crippen LogP contribution is -2.25. The fourth-order valence-corrected chi connectivity index (χ4v) is 3.66. The van der Waals surface area contributed by atoms with Gasteiger partial charge in [-0.25, -0.2) is 0 Å². The molecular weight excluding hydrogens is 362 g/mol. The number of hydrogen-bond donors (Lipinski definition) is 1. The van der Waals surface area contributed by atoms with Gasteiger partial charge in [-0.15, -0.1) is 0 Å². The van der Waals surface area contributed by atoms with E-state index in [4.69, 9.17) is 10.00 Å². The maximum Gasteiger partial charge on any atom is 0.220 e. The summed E-state index contributed by atoms with van der Waals surface area (Å²) in [4.78, 5) is 14.4. The van der Waals surface area contributed by atoms with Gasteiger partial charge in [0.05, 0.1) is 11.6 Å². The highest BCUT2D eigenvalue weighted by Gasteiger charge is 2.21. The molecule has 0 saturated heterocycles. The lowest BCUT2D eigenvalue weighted by molar-refractivity contribution is -0.121. The first-order chi connectivity index (χ1) is 14.2. The molecule has 150 valence electrons. The number of fused-ring (bicyclic) bond motifs is 1. The first-order valence-electron chi connectivity index (χ1n) is 10.4. The molecule has 0 bridgehead atoms. The van der Waals surface area contributed by atoms with Crippen LogP contribution in [0.25, 0.3) is 0 Å². The zero-order valence-corrected chi connectivity index (χ0v) is 16.7. The Bertz CT molecular complexity index is 897. The molecule has 0 unspecified atom stereocenters. The Morgan fingerprint density at radius 2 is 1.97 bits per heavy atom. The smallest absolute Gasteiger partial charge is 0.220 e. The number of amides is 1. The number of hydrogen-bond acceptors (Lipinski definition) is 4. The first kappa shape index (κ1) is 19.5. The van der Waals surface area contributed by atoms with Crippen molar-refractivity contribution in [2.45, 2.75) is 38.8 Å². The van der Waals surface area contributed by atoms with E-state index in [1.807, 2.05) is 30.3 Å². The second-order valence-electron chi connectivity index (χ2n) is 8.06. The summed E-state index contributed by atoms with van der Waals surface area (Å²) in [6.07, 6.45) is 3.79. The minimum Gasteiger partial charge on any atom is -0.492 e. The molecule has 5 heteroatoms. The van der Waals surface area contributed by atoms with Crippen LogP contribution in [0.5, 0.6) is 5.75 Å². The number of ether oxygens (including phenoxy) is 1. The van der Waals surface area contributed by atoms with Crippen LogP contribution in [-0.4, -0.2) is 30.5 Å². The van der Waals surface area contributed by atoms with Gasteiger partial charge in [-0.3, -0.25) is 9.69 Å². The van der Waals surface area contributed by atoms with Gasteiger partial charge >= 0.3 is 0 Å². The van der Waals surface area contributed by atoms with E-state index >= 15 is 0 Å². The second kappa shape index (κ2) is 9.11. The van der Waals surface area contributed by atoms with Crippen molar-refractivity contribution < 1.29 is 9.53 Å². The molecule has 1 heterocycles. The summed E-state index contributed by atoms with van der Waals surface area (Å²) >= 11 is 0. The molecule has 1 saturated carbocycles. The summed E-state index contributed by atoms with van der Waals surface area (Å²) in [5, 5.41) is 12.0. The molecule has 1 N–H and O–H groups in total. The Balaban J connectivity index is 1.35. The van der Waals surface area contributed by atoms with Gasteiger partial charge < -0.3 is 10.1 Å². The molecule has 0 spiro atoms. The summed E-state index contributed by atoms with van der Waals surface area (Å²) in [5.74, 6) is 1.80. The van der Waals surface area contributed by atoms with E-state index in [-0.39, 0.29) is 5.91 Å². The Hall–Kier alpha value is -2.84. The monoisotopic (exact) mass is 389 g/mol. The molecule has 1 aliphatic heterocycles. The highest BCUT2D eigenvalue weighted by Crippen LogP contribution is 2.28. The average Bonchev–Trinajstić information content (AvgIpc) is 3.58. The lowest BCUT2D eigenvalue weighted by Gasteiger charge is -2.19. The Labute approximate surface area is 172 Å². The Morgan fingerprint density at radius 1 is 1.17 bits per heavy atom. The Kier molecular flexibility index (Phi) is 6.12. The van der Waals surface area contributed by atoms with Gasteiger partial charge in [0.15, 0.2) is 0 Å². The fourth-order valence-electron chi connectivity index (χ4n) is 3.66. The molecule has 0 atom stereocenters. The van der Waals surface area contributed by atoms with Crippen LogP contribution >= 0.6 is 0 Å². The zero-order chi connectivity index (χ0) is 20.1. The van der Waals surface area contributed by atoms with Gasteiger partial charge in [-0.2, -0.15) is 5.26 Å². The van der Waals surface area contributed by atoms with Gasteiger partial charge in [0.25, 0.3) is 0 Å². The van der Waals surface area contributed by atoms with Crippen molar-refractivity contribution in [3.05, 3.63) is 64.7 Å². The number of carbonyl (C=O) groups excluding carboxylic acids is 1. The number of nitrogens with one attached hydrogen (secondary N) is 1. The molecule has 5 nitrogen and oxygen atoms in total. The number of nitrogens with zero attached hydrogens (tertiary/aromatic N) is 2. The standard InChI is InChI=1S/C24H27N3O2/c25-14-19-1-5-21(6-2-19)16-27-11-12-29-23-9-7-18(13-22(23)17-27)8-10-24(28)26-15-20-3-4-20/h1-2,5-7,9,13,20H,3-4,8,10-12,15-17H2,(H,26,28). The van der Waals surface area contributed by atoms with Gasteiger partial charge in [-0.05, 0) is 54.5 Å². The van der Waals surface area contributed by atoms with Crippen LogP contribution in [0.1, 0.15) is 41.5 Å². The van der Waals surface area contributed by atoms with Crippen LogP contribution in [0.2, 0.25) is 0 Å². The van der Waals surface area contributed by atoms with Crippen molar-refractivity contribution in [2.75, 3.05) is 19.7 Å². The molecule has 2 aromatic carbocycles. The molecule has 29 heavy (non-hydrogen) atoms. The lowest BCUT2D eigenvalue weighted by atomic mass is 10.0. The van der Waals surface area contributed by atoms with Crippen LogP contribution in [0.3, 0.4) is 0 Å². The van der Waals surface area contributed by atoms with E-state index in [1.165, 1.54) is 29.5 Å². The Morgan fingerprint density at radius 3 is 2.72 bits per heavy atom. The van der Waals surface area contributed by atoms with Crippen LogP contribution in [0.15, 0.2) is 42.5 Å². The highest BCUT2D eigenvalue weighted by atomic mass is 16.5. The number of benzene rings is 2. The zero-order valence-electron chi connectivity index (χ0n) is 16.7. The summed E-state index contributed by atoms with van der Waals surface area (Å²) < 4.78 is 5.94. The van der Waals surface area contributed by atoms with Crippen molar-refractivity contribution in [1.29, 1.82) is 5.26 Å². The van der Waals surface area contributed by atoms with Crippen LogP contribution in [0, 0.1) is 17.2 Å². The van der Waals surface area contributed by atoms with Crippen LogP contribution < -0.4 is 10.1 Å². The topological polar surface area (TPSA) is 65.4 Å². The fraction of sp³-hybridized carbons (Fsp3) is 0.417. The molecule has 2 aliphatic rings. The van der Waals surface area contributed by atoms with Gasteiger partial charge in [0.2, 0.25) is 5.91 Å². The van der Waals surface area contributed by atoms with E-state index < -0.39 is 0 Å². The van der Waals surface area contributed by atoms with Crippen molar-refractivity contribution in [2.24, 2.45) is 5.92 Å². The van der Waals surface area contributed by atoms with Crippen molar-refractivity contribution in [1.82, 2.24) is 10.2 Å². The maximum atomic E-state index is 12.0. The van der Waals surface area contributed by atoms with Gasteiger partial charge in [0, 0.05) is 38.2 Å². The van der Waals surface area contributed by atoms with E-state index in [0.29, 0.717) is 24.5 Å². The molecule has 1 aliphatic carbocycles. The minimum atomic E-state index is 0.144. The maximum absolute atomic E-state index is 12.0. The summed E-state index contributed by atoms with van der Waals surface area (Å²) in [6, 6.07) is 16.2. The minimum absolute atomic E-state index is 0.144. The first-order valence-corrected chi connectivity index (χ1v) is 10.4. The quantitative estimate of drug-likeness (QED) is 0.788. The third kappa shape index (κ3) is 5.58. The number of rotatable bonds is 7. The number of aryl methyl sites for hydroxylation is 1. The van der Waals surface area contributed by atoms with Gasteiger partial charge in [0.1, 0.15) is 12.4 Å².